The van der Waals surface area contributed by atoms with Gasteiger partial charge in [0.1, 0.15) is 17.2 Å². The molecule has 0 spiro atoms. The number of phenols is 2. The summed E-state index contributed by atoms with van der Waals surface area (Å²) in [5.41, 5.74) is 0.241. The SMILES string of the molecule is COc1ccc(C(=O)n2c(-c3cc(C(C)C)c(O)cc3O)n[nH]c2=O)cc1. The minimum atomic E-state index is -0.732. The number of phenolic OH excluding ortho intramolecular Hbond substituents is 2. The summed E-state index contributed by atoms with van der Waals surface area (Å²) in [6.07, 6.45) is 0. The van der Waals surface area contributed by atoms with Crippen LogP contribution < -0.4 is 10.4 Å². The van der Waals surface area contributed by atoms with Gasteiger partial charge in [-0.2, -0.15) is 5.10 Å². The molecule has 1 aromatic heterocycles. The number of ether oxygens (including phenoxy) is 1. The molecule has 8 nitrogen and oxygen atoms in total. The van der Waals surface area contributed by atoms with Crippen molar-refractivity contribution in [2.24, 2.45) is 0 Å². The molecular formula is C19H19N3O5. The lowest BCUT2D eigenvalue weighted by Gasteiger charge is -2.12. The Labute approximate surface area is 154 Å². The summed E-state index contributed by atoms with van der Waals surface area (Å²) in [5.74, 6) is -0.480. The van der Waals surface area contributed by atoms with E-state index in [1.165, 1.54) is 31.4 Å². The molecule has 0 fully saturated rings. The lowest BCUT2D eigenvalue weighted by Crippen LogP contribution is -2.25. The molecule has 0 amide bonds. The Morgan fingerprint density at radius 3 is 2.41 bits per heavy atom. The quantitative estimate of drug-likeness (QED) is 0.650. The summed E-state index contributed by atoms with van der Waals surface area (Å²) in [4.78, 5) is 25.1. The van der Waals surface area contributed by atoms with Gasteiger partial charge in [0.15, 0.2) is 5.82 Å². The predicted octanol–water partition coefficient (Wildman–Crippen LogP) is 2.47. The Balaban J connectivity index is 2.14. The second-order valence-electron chi connectivity index (χ2n) is 6.30. The molecule has 8 heteroatoms. The molecule has 27 heavy (non-hydrogen) atoms. The number of nitrogens with one attached hydrogen (secondary N) is 1. The second-order valence-corrected chi connectivity index (χ2v) is 6.30. The fourth-order valence-electron chi connectivity index (χ4n) is 2.76. The number of hydrogen-bond donors (Lipinski definition) is 3. The highest BCUT2D eigenvalue weighted by atomic mass is 16.5. The van der Waals surface area contributed by atoms with E-state index in [0.717, 1.165) is 4.57 Å². The van der Waals surface area contributed by atoms with Gasteiger partial charge in [0, 0.05) is 11.6 Å². The van der Waals surface area contributed by atoms with Crippen molar-refractivity contribution in [1.29, 1.82) is 0 Å². The summed E-state index contributed by atoms with van der Waals surface area (Å²) >= 11 is 0. The number of carbonyl (C=O) groups is 1. The summed E-state index contributed by atoms with van der Waals surface area (Å²) in [6.45, 7) is 3.74. The smallest absolute Gasteiger partial charge is 0.350 e. The van der Waals surface area contributed by atoms with Crippen molar-refractivity contribution in [1.82, 2.24) is 14.8 Å². The number of rotatable bonds is 4. The van der Waals surface area contributed by atoms with Gasteiger partial charge in [0.05, 0.1) is 12.7 Å². The Kier molecular flexibility index (Phi) is 4.72. The Morgan fingerprint density at radius 1 is 1.15 bits per heavy atom. The van der Waals surface area contributed by atoms with Crippen molar-refractivity contribution in [3.05, 3.63) is 58.0 Å². The summed E-state index contributed by atoms with van der Waals surface area (Å²) in [7, 11) is 1.51. The van der Waals surface area contributed by atoms with E-state index in [2.05, 4.69) is 10.2 Å². The Morgan fingerprint density at radius 2 is 1.81 bits per heavy atom. The van der Waals surface area contributed by atoms with E-state index in [-0.39, 0.29) is 34.4 Å². The van der Waals surface area contributed by atoms with Crippen LogP contribution in [0.1, 0.15) is 35.7 Å². The molecular weight excluding hydrogens is 350 g/mol. The molecule has 0 aliphatic carbocycles. The highest BCUT2D eigenvalue weighted by molar-refractivity contribution is 5.98. The largest absolute Gasteiger partial charge is 0.508 e. The van der Waals surface area contributed by atoms with Gasteiger partial charge in [-0.1, -0.05) is 13.8 Å². The van der Waals surface area contributed by atoms with Crippen LogP contribution in [0.2, 0.25) is 0 Å². The minimum absolute atomic E-state index is 0.0410. The standard InChI is InChI=1S/C19H19N3O5/c1-10(2)13-8-14(16(24)9-15(13)23)17-20-21-19(26)22(17)18(25)11-4-6-12(27-3)7-5-11/h4-10,23-24H,1-3H3,(H,21,26). The molecule has 1 heterocycles. The molecule has 0 saturated carbocycles. The molecule has 0 aliphatic heterocycles. The van der Waals surface area contributed by atoms with Crippen molar-refractivity contribution < 1.29 is 19.7 Å². The number of aromatic nitrogens is 3. The first kappa shape index (κ1) is 18.2. The molecule has 0 saturated heterocycles. The van der Waals surface area contributed by atoms with Gasteiger partial charge < -0.3 is 14.9 Å². The number of nitrogens with zero attached hydrogens (tertiary/aromatic N) is 2. The van der Waals surface area contributed by atoms with Crippen LogP contribution in [0.15, 0.2) is 41.2 Å². The third kappa shape index (κ3) is 3.29. The summed E-state index contributed by atoms with van der Waals surface area (Å²) < 4.78 is 5.91. The van der Waals surface area contributed by atoms with Crippen LogP contribution >= 0.6 is 0 Å². The zero-order chi connectivity index (χ0) is 19.7. The average molecular weight is 369 g/mol. The van der Waals surface area contributed by atoms with Crippen LogP contribution in [0.4, 0.5) is 0 Å². The van der Waals surface area contributed by atoms with E-state index in [0.29, 0.717) is 11.3 Å². The predicted molar refractivity (Wildman–Crippen MR) is 98.4 cm³/mol. The average Bonchev–Trinajstić information content (AvgIpc) is 3.02. The lowest BCUT2D eigenvalue weighted by atomic mass is 9.98. The van der Waals surface area contributed by atoms with Crippen LogP contribution in [0, 0.1) is 0 Å². The maximum absolute atomic E-state index is 12.9. The topological polar surface area (TPSA) is 117 Å². The van der Waals surface area contributed by atoms with Crippen LogP contribution in [-0.2, 0) is 0 Å². The van der Waals surface area contributed by atoms with E-state index in [9.17, 15) is 19.8 Å². The lowest BCUT2D eigenvalue weighted by molar-refractivity contribution is 0.0958. The first-order chi connectivity index (χ1) is 12.8. The van der Waals surface area contributed by atoms with E-state index >= 15 is 0 Å². The van der Waals surface area contributed by atoms with Crippen LogP contribution in [0.5, 0.6) is 17.2 Å². The third-order valence-electron chi connectivity index (χ3n) is 4.22. The summed E-state index contributed by atoms with van der Waals surface area (Å²) in [5, 5.41) is 26.4. The monoisotopic (exact) mass is 369 g/mol. The highest BCUT2D eigenvalue weighted by Gasteiger charge is 2.23. The maximum atomic E-state index is 12.9. The first-order valence-electron chi connectivity index (χ1n) is 8.26. The molecule has 2 aromatic carbocycles. The molecule has 3 N–H and O–H groups in total. The van der Waals surface area contributed by atoms with E-state index in [1.54, 1.807) is 12.1 Å². The van der Waals surface area contributed by atoms with Gasteiger partial charge in [0.2, 0.25) is 0 Å². The van der Waals surface area contributed by atoms with Crippen LogP contribution in [0.3, 0.4) is 0 Å². The number of aromatic hydroxyl groups is 2. The number of methoxy groups -OCH3 is 1. The maximum Gasteiger partial charge on any atom is 0.350 e. The van der Waals surface area contributed by atoms with E-state index in [1.807, 2.05) is 13.8 Å². The zero-order valence-electron chi connectivity index (χ0n) is 15.1. The molecule has 0 radical (unpaired) electrons. The number of benzene rings is 2. The first-order valence-corrected chi connectivity index (χ1v) is 8.26. The summed E-state index contributed by atoms with van der Waals surface area (Å²) in [6, 6.07) is 8.95. The fraction of sp³-hybridized carbons (Fsp3) is 0.211. The molecule has 0 bridgehead atoms. The van der Waals surface area contributed by atoms with Gasteiger partial charge >= 0.3 is 5.69 Å². The van der Waals surface area contributed by atoms with Crippen molar-refractivity contribution in [3.63, 3.8) is 0 Å². The second kappa shape index (κ2) is 6.99. The van der Waals surface area contributed by atoms with Gasteiger partial charge in [-0.3, -0.25) is 4.79 Å². The zero-order valence-corrected chi connectivity index (χ0v) is 15.1. The van der Waals surface area contributed by atoms with Gasteiger partial charge in [0.25, 0.3) is 5.91 Å². The molecule has 140 valence electrons. The van der Waals surface area contributed by atoms with Gasteiger partial charge in [-0.15, -0.1) is 0 Å². The van der Waals surface area contributed by atoms with Gasteiger partial charge in [-0.05, 0) is 41.8 Å². The fourth-order valence-corrected chi connectivity index (χ4v) is 2.76. The van der Waals surface area contributed by atoms with Crippen molar-refractivity contribution in [3.8, 4) is 28.6 Å². The van der Waals surface area contributed by atoms with Gasteiger partial charge in [-0.25, -0.2) is 14.5 Å². The van der Waals surface area contributed by atoms with Crippen LogP contribution in [-0.4, -0.2) is 38.0 Å². The van der Waals surface area contributed by atoms with E-state index in [4.69, 9.17) is 4.74 Å². The minimum Gasteiger partial charge on any atom is -0.508 e. The molecule has 0 atom stereocenters. The van der Waals surface area contributed by atoms with Crippen molar-refractivity contribution in [2.75, 3.05) is 7.11 Å². The van der Waals surface area contributed by atoms with Crippen molar-refractivity contribution in [2.45, 2.75) is 19.8 Å². The van der Waals surface area contributed by atoms with Crippen molar-refractivity contribution >= 4 is 5.91 Å². The molecule has 0 aliphatic rings. The number of hydrogen-bond acceptors (Lipinski definition) is 6. The molecule has 3 rings (SSSR count). The number of aromatic amines is 1. The Hall–Kier alpha value is -3.55. The Bertz CT molecular complexity index is 1050. The highest BCUT2D eigenvalue weighted by Crippen LogP contribution is 2.36. The van der Waals surface area contributed by atoms with Crippen LogP contribution in [0.25, 0.3) is 11.4 Å². The normalized spacial score (nSPS) is 11.0. The third-order valence-corrected chi connectivity index (χ3v) is 4.22. The molecule has 3 aromatic rings. The van der Waals surface area contributed by atoms with E-state index < -0.39 is 11.6 Å². The number of H-pyrrole nitrogens is 1. The molecule has 0 unspecified atom stereocenters. The number of carbonyl (C=O) groups excluding carboxylic acids is 1.